The third-order valence-corrected chi connectivity index (χ3v) is 11.2. The molecular formula is C33H52. The predicted molar refractivity (Wildman–Crippen MR) is 145 cm³/mol. The Morgan fingerprint density at radius 3 is 1.27 bits per heavy atom. The molecule has 0 heteroatoms. The molecule has 0 saturated heterocycles. The van der Waals surface area contributed by atoms with Gasteiger partial charge in [-0.2, -0.15) is 0 Å². The zero-order valence-electron chi connectivity index (χ0n) is 21.3. The minimum Gasteiger partial charge on any atom is -0.0991 e. The second kappa shape index (κ2) is 11.1. The number of rotatable bonds is 1. The molecule has 6 saturated carbocycles. The van der Waals surface area contributed by atoms with Gasteiger partial charge in [-0.1, -0.05) is 62.5 Å². The Hall–Kier alpha value is -1.04. The average molecular weight is 449 g/mol. The first-order chi connectivity index (χ1) is 16.3. The van der Waals surface area contributed by atoms with Gasteiger partial charge in [-0.05, 0) is 143 Å². The van der Waals surface area contributed by atoms with Crippen molar-refractivity contribution >= 4 is 0 Å². The van der Waals surface area contributed by atoms with Crippen LogP contribution in [-0.2, 0) is 0 Å². The number of hydrogen-bond donors (Lipinski definition) is 0. The zero-order chi connectivity index (χ0) is 22.6. The average Bonchev–Trinajstić information content (AvgIpc) is 3.74. The van der Waals surface area contributed by atoms with Crippen LogP contribution in [0.2, 0.25) is 0 Å². The van der Waals surface area contributed by atoms with Crippen LogP contribution in [0, 0.1) is 59.2 Å². The van der Waals surface area contributed by atoms with Gasteiger partial charge < -0.3 is 0 Å². The lowest BCUT2D eigenvalue weighted by Crippen LogP contribution is -2.25. The summed E-state index contributed by atoms with van der Waals surface area (Å²) in [6.07, 6.45) is 35.9. The number of allylic oxidation sites excluding steroid dienone is 6. The zero-order valence-corrected chi connectivity index (χ0v) is 21.3. The smallest absolute Gasteiger partial charge is 0 e. The van der Waals surface area contributed by atoms with Crippen molar-refractivity contribution in [3.63, 3.8) is 0 Å². The molecule has 8 rings (SSSR count). The summed E-state index contributed by atoms with van der Waals surface area (Å²) in [4.78, 5) is 0. The van der Waals surface area contributed by atoms with Crippen molar-refractivity contribution in [2.45, 2.75) is 96.3 Å². The molecule has 8 aliphatic carbocycles. The molecule has 0 aromatic heterocycles. The van der Waals surface area contributed by atoms with Gasteiger partial charge in [-0.3, -0.25) is 0 Å². The molecule has 0 heterocycles. The van der Waals surface area contributed by atoms with Crippen molar-refractivity contribution in [1.82, 2.24) is 0 Å². The molecule has 0 radical (unpaired) electrons. The van der Waals surface area contributed by atoms with Gasteiger partial charge in [0, 0.05) is 1.43 Å². The van der Waals surface area contributed by atoms with Crippen LogP contribution >= 0.6 is 0 Å². The van der Waals surface area contributed by atoms with E-state index in [2.05, 4.69) is 37.5 Å². The summed E-state index contributed by atoms with van der Waals surface area (Å²) in [5, 5.41) is 0. The van der Waals surface area contributed by atoms with Crippen LogP contribution in [-0.4, -0.2) is 0 Å². The Bertz CT molecular complexity index is 662. The summed E-state index contributed by atoms with van der Waals surface area (Å²) >= 11 is 0. The monoisotopic (exact) mass is 448 g/mol. The van der Waals surface area contributed by atoms with Crippen LogP contribution in [0.25, 0.3) is 0 Å². The molecule has 10 atom stereocenters. The number of hydrogen-bond acceptors (Lipinski definition) is 0. The van der Waals surface area contributed by atoms with E-state index in [4.69, 9.17) is 0 Å². The van der Waals surface area contributed by atoms with E-state index >= 15 is 0 Å². The Kier molecular flexibility index (Phi) is 7.99. The van der Waals surface area contributed by atoms with E-state index < -0.39 is 0 Å². The van der Waals surface area contributed by atoms with Gasteiger partial charge in [0.05, 0.1) is 0 Å². The predicted octanol–water partition coefficient (Wildman–Crippen LogP) is 9.80. The van der Waals surface area contributed by atoms with Gasteiger partial charge in [-0.25, -0.2) is 0 Å². The fraction of sp³-hybridized carbons (Fsp3) is 0.758. The van der Waals surface area contributed by atoms with E-state index in [0.717, 1.165) is 35.5 Å². The first-order valence-corrected chi connectivity index (χ1v) is 14.8. The molecule has 6 bridgehead atoms. The van der Waals surface area contributed by atoms with Crippen LogP contribution in [0.3, 0.4) is 0 Å². The van der Waals surface area contributed by atoms with Gasteiger partial charge in [0.1, 0.15) is 0 Å². The topological polar surface area (TPSA) is 0 Å². The highest BCUT2D eigenvalue weighted by atomic mass is 14.5. The van der Waals surface area contributed by atoms with Crippen molar-refractivity contribution in [2.75, 3.05) is 0 Å². The van der Waals surface area contributed by atoms with Crippen LogP contribution in [0.1, 0.15) is 97.7 Å². The summed E-state index contributed by atoms with van der Waals surface area (Å²) in [7, 11) is 0. The first kappa shape index (κ1) is 23.7. The molecule has 8 aliphatic rings. The van der Waals surface area contributed by atoms with E-state index in [1.807, 2.05) is 0 Å². The molecule has 0 aromatic rings. The lowest BCUT2D eigenvalue weighted by atomic mass is 9.71. The van der Waals surface area contributed by atoms with E-state index in [1.54, 1.807) is 76.4 Å². The molecule has 0 aromatic carbocycles. The molecule has 0 aliphatic heterocycles. The van der Waals surface area contributed by atoms with Crippen LogP contribution in [0.15, 0.2) is 49.6 Å². The minimum absolute atomic E-state index is 0. The van der Waals surface area contributed by atoms with E-state index in [9.17, 15) is 0 Å². The summed E-state index contributed by atoms with van der Waals surface area (Å²) in [6, 6.07) is 0. The lowest BCUT2D eigenvalue weighted by molar-refractivity contribution is 0.158. The maximum Gasteiger partial charge on any atom is 0 e. The molecule has 10 unspecified atom stereocenters. The largest absolute Gasteiger partial charge is 0.0991 e. The highest BCUT2D eigenvalue weighted by molar-refractivity contribution is 5.07. The highest BCUT2D eigenvalue weighted by Crippen LogP contribution is 2.57. The van der Waals surface area contributed by atoms with Crippen molar-refractivity contribution < 1.29 is 1.43 Å². The molecular weight excluding hydrogens is 396 g/mol. The molecule has 0 spiro atoms. The number of fused-ring (bicyclic) bond motifs is 12. The molecule has 0 nitrogen and oxygen atoms in total. The maximum atomic E-state index is 3.36. The van der Waals surface area contributed by atoms with Crippen molar-refractivity contribution in [3.8, 4) is 0 Å². The molecule has 0 N–H and O–H groups in total. The van der Waals surface area contributed by atoms with Gasteiger partial charge in [-0.15, -0.1) is 0 Å². The van der Waals surface area contributed by atoms with E-state index in [1.165, 1.54) is 55.8 Å². The SMILES string of the molecule is C1=CC2CCC1C2.C1=CCC2C3CCC(C3)C2C1.C1CCC2C3CCC(C3)C2C1.C=CC=C.[HH]. The normalized spacial score (nSPS) is 46.2. The van der Waals surface area contributed by atoms with Gasteiger partial charge in [0.25, 0.3) is 0 Å². The van der Waals surface area contributed by atoms with Crippen molar-refractivity contribution in [2.24, 2.45) is 59.2 Å². The van der Waals surface area contributed by atoms with Gasteiger partial charge in [0.15, 0.2) is 0 Å². The summed E-state index contributed by atoms with van der Waals surface area (Å²) in [6.45, 7) is 6.72. The fourth-order valence-corrected chi connectivity index (χ4v) is 9.68. The van der Waals surface area contributed by atoms with Crippen molar-refractivity contribution in [3.05, 3.63) is 49.6 Å². The van der Waals surface area contributed by atoms with Crippen molar-refractivity contribution in [1.29, 1.82) is 0 Å². The molecule has 33 heavy (non-hydrogen) atoms. The molecule has 6 fully saturated rings. The Morgan fingerprint density at radius 1 is 0.515 bits per heavy atom. The molecule has 0 amide bonds. The van der Waals surface area contributed by atoms with Crippen LogP contribution < -0.4 is 0 Å². The van der Waals surface area contributed by atoms with Gasteiger partial charge in [0.2, 0.25) is 0 Å². The summed E-state index contributed by atoms with van der Waals surface area (Å²) in [5.74, 6) is 11.2. The minimum atomic E-state index is 0. The molecule has 184 valence electrons. The Balaban J connectivity index is 0.000000113. The second-order valence-electron chi connectivity index (χ2n) is 12.7. The quantitative estimate of drug-likeness (QED) is 0.276. The highest BCUT2D eigenvalue weighted by Gasteiger charge is 2.48. The Labute approximate surface area is 206 Å². The Morgan fingerprint density at radius 2 is 0.939 bits per heavy atom. The lowest BCUT2D eigenvalue weighted by Gasteiger charge is -2.34. The second-order valence-corrected chi connectivity index (χ2v) is 12.7. The summed E-state index contributed by atoms with van der Waals surface area (Å²) in [5.41, 5.74) is 0. The standard InChI is InChI=1S/C11H18.C11H16.C7H10.C4H6.H2/c2*1-2-4-11-9-6-5-8(7-9)10(11)3-1;1-2-7-4-3-6(1)5-7;1-3-4-2;/h8-11H,1-7H2;1-2,8-11H,3-7H2;1-2,6-7H,3-5H2;3-4H,1-2H2;1H. The third kappa shape index (κ3) is 5.31. The van der Waals surface area contributed by atoms with E-state index in [0.29, 0.717) is 0 Å². The van der Waals surface area contributed by atoms with Crippen LogP contribution in [0.4, 0.5) is 0 Å². The fourth-order valence-electron chi connectivity index (χ4n) is 9.68. The summed E-state index contributed by atoms with van der Waals surface area (Å²) < 4.78 is 0. The third-order valence-electron chi connectivity index (χ3n) is 11.2. The van der Waals surface area contributed by atoms with Crippen LogP contribution in [0.5, 0.6) is 0 Å². The van der Waals surface area contributed by atoms with E-state index in [-0.39, 0.29) is 1.43 Å². The van der Waals surface area contributed by atoms with Gasteiger partial charge >= 0.3 is 0 Å². The maximum absolute atomic E-state index is 3.36. The first-order valence-electron chi connectivity index (χ1n) is 14.8.